The van der Waals surface area contributed by atoms with E-state index in [9.17, 15) is 0 Å². The van der Waals surface area contributed by atoms with E-state index in [1.54, 1.807) is 0 Å². The second-order valence-corrected chi connectivity index (χ2v) is 9.89. The molecule has 1 unspecified atom stereocenters. The number of ether oxygens (including phenoxy) is 1. The van der Waals surface area contributed by atoms with Crippen LogP contribution in [-0.4, -0.2) is 11.6 Å². The molecule has 0 saturated heterocycles. The molecule has 2 aromatic carbocycles. The average Bonchev–Trinajstić information content (AvgIpc) is 2.91. The van der Waals surface area contributed by atoms with Gasteiger partial charge in [0.25, 0.3) is 0 Å². The topological polar surface area (TPSA) is 22.1 Å². The van der Waals surface area contributed by atoms with Crippen LogP contribution >= 0.6 is 0 Å². The molecule has 0 N–H and O–H groups in total. The molecule has 1 atom stereocenters. The van der Waals surface area contributed by atoms with Gasteiger partial charge in [-0.15, -0.1) is 0 Å². The Morgan fingerprint density at radius 2 is 1.26 bits per heavy atom. The van der Waals surface area contributed by atoms with Gasteiger partial charge in [-0.2, -0.15) is 0 Å². The summed E-state index contributed by atoms with van der Waals surface area (Å²) in [5, 5.41) is 0. The van der Waals surface area contributed by atoms with Gasteiger partial charge in [0.05, 0.1) is 6.61 Å². The minimum Gasteiger partial charge on any atom is -0.494 e. The highest BCUT2D eigenvalue weighted by Crippen LogP contribution is 2.27. The van der Waals surface area contributed by atoms with E-state index in [-0.39, 0.29) is 5.92 Å². The summed E-state index contributed by atoms with van der Waals surface area (Å²) in [6.45, 7) is 7.57. The molecule has 3 rings (SSSR count). The molecule has 0 aliphatic rings. The second-order valence-electron chi connectivity index (χ2n) is 9.89. The lowest BCUT2D eigenvalue weighted by Crippen LogP contribution is -2.00. The normalized spacial score (nSPS) is 12.0. The van der Waals surface area contributed by atoms with Gasteiger partial charge in [0.15, 0.2) is 0 Å². The molecule has 35 heavy (non-hydrogen) atoms. The van der Waals surface area contributed by atoms with E-state index in [0.29, 0.717) is 0 Å². The van der Waals surface area contributed by atoms with Crippen molar-refractivity contribution in [3.63, 3.8) is 0 Å². The molecule has 0 aliphatic carbocycles. The Kier molecular flexibility index (Phi) is 11.9. The molecule has 0 bridgehead atoms. The van der Waals surface area contributed by atoms with Crippen LogP contribution in [0.4, 0.5) is 0 Å². The standard InChI is InChI=1S/C33H45NO/c1-4-6-8-10-12-14-28-15-24-33(34-26-28)27(3)29-16-18-30(19-17-29)31-20-22-32(23-21-31)35-25-13-11-9-7-5-2/h15-24,26-27H,4-14,25H2,1-3H3. The lowest BCUT2D eigenvalue weighted by molar-refractivity contribution is 0.304. The monoisotopic (exact) mass is 471 g/mol. The van der Waals surface area contributed by atoms with Crippen LogP contribution in [0.5, 0.6) is 5.75 Å². The summed E-state index contributed by atoms with van der Waals surface area (Å²) in [5.74, 6) is 1.25. The van der Waals surface area contributed by atoms with E-state index < -0.39 is 0 Å². The molecule has 2 nitrogen and oxygen atoms in total. The first-order chi connectivity index (χ1) is 17.2. The largest absolute Gasteiger partial charge is 0.494 e. The first-order valence-corrected chi connectivity index (χ1v) is 14.0. The minimum absolute atomic E-state index is 0.288. The molecule has 0 spiro atoms. The van der Waals surface area contributed by atoms with Crippen molar-refractivity contribution in [3.05, 3.63) is 83.7 Å². The molecule has 0 radical (unpaired) electrons. The molecule has 1 aromatic heterocycles. The highest BCUT2D eigenvalue weighted by atomic mass is 16.5. The van der Waals surface area contributed by atoms with Gasteiger partial charge in [-0.1, -0.05) is 115 Å². The average molecular weight is 472 g/mol. The Labute approximate surface area is 214 Å². The number of hydrogen-bond donors (Lipinski definition) is 0. The zero-order valence-electron chi connectivity index (χ0n) is 22.3. The summed E-state index contributed by atoms with van der Waals surface area (Å²) < 4.78 is 5.92. The Morgan fingerprint density at radius 1 is 0.657 bits per heavy atom. The van der Waals surface area contributed by atoms with E-state index in [0.717, 1.165) is 30.9 Å². The summed E-state index contributed by atoms with van der Waals surface area (Å²) in [5.41, 5.74) is 6.26. The number of unbranched alkanes of at least 4 members (excludes halogenated alkanes) is 8. The third-order valence-corrected chi connectivity index (χ3v) is 6.98. The van der Waals surface area contributed by atoms with Crippen molar-refractivity contribution in [3.8, 4) is 16.9 Å². The van der Waals surface area contributed by atoms with Crippen LogP contribution in [0.1, 0.15) is 108 Å². The van der Waals surface area contributed by atoms with Crippen LogP contribution in [0, 0.1) is 0 Å². The number of rotatable bonds is 16. The SMILES string of the molecule is CCCCCCCOc1ccc(-c2ccc(C(C)c3ccc(CCCCCCC)cn3)cc2)cc1. The molecule has 0 saturated carbocycles. The van der Waals surface area contributed by atoms with Crippen molar-refractivity contribution in [2.45, 2.75) is 97.3 Å². The molecular weight excluding hydrogens is 426 g/mol. The number of benzene rings is 2. The number of aryl methyl sites for hydroxylation is 1. The zero-order chi connectivity index (χ0) is 24.7. The fourth-order valence-electron chi connectivity index (χ4n) is 4.55. The van der Waals surface area contributed by atoms with Crippen molar-refractivity contribution in [2.24, 2.45) is 0 Å². The fourth-order valence-corrected chi connectivity index (χ4v) is 4.55. The molecule has 2 heteroatoms. The first kappa shape index (κ1) is 27.0. The van der Waals surface area contributed by atoms with Crippen LogP contribution in [0.25, 0.3) is 11.1 Å². The maximum Gasteiger partial charge on any atom is 0.119 e. The Hall–Kier alpha value is -2.61. The van der Waals surface area contributed by atoms with Crippen molar-refractivity contribution in [2.75, 3.05) is 6.61 Å². The minimum atomic E-state index is 0.288. The quantitative estimate of drug-likeness (QED) is 0.194. The lowest BCUT2D eigenvalue weighted by atomic mass is 9.94. The zero-order valence-corrected chi connectivity index (χ0v) is 22.3. The predicted molar refractivity (Wildman–Crippen MR) is 150 cm³/mol. The smallest absolute Gasteiger partial charge is 0.119 e. The van der Waals surface area contributed by atoms with Crippen LogP contribution in [0.2, 0.25) is 0 Å². The van der Waals surface area contributed by atoms with Crippen molar-refractivity contribution >= 4 is 0 Å². The van der Waals surface area contributed by atoms with E-state index in [1.165, 1.54) is 80.0 Å². The Balaban J connectivity index is 1.49. The molecule has 1 heterocycles. The summed E-state index contributed by atoms with van der Waals surface area (Å²) in [4.78, 5) is 4.79. The number of pyridine rings is 1. The summed E-state index contributed by atoms with van der Waals surface area (Å²) >= 11 is 0. The Bertz CT molecular complexity index is 944. The summed E-state index contributed by atoms with van der Waals surface area (Å²) in [6, 6.07) is 21.9. The van der Waals surface area contributed by atoms with Gasteiger partial charge in [-0.25, -0.2) is 0 Å². The fraction of sp³-hybridized carbons (Fsp3) is 0.485. The Morgan fingerprint density at radius 3 is 1.86 bits per heavy atom. The van der Waals surface area contributed by atoms with Gasteiger partial charge < -0.3 is 4.74 Å². The number of hydrogen-bond acceptors (Lipinski definition) is 2. The van der Waals surface area contributed by atoms with E-state index in [1.807, 2.05) is 0 Å². The molecular formula is C33H45NO. The maximum absolute atomic E-state index is 5.92. The third kappa shape index (κ3) is 9.17. The second kappa shape index (κ2) is 15.4. The van der Waals surface area contributed by atoms with Crippen LogP contribution in [0.3, 0.4) is 0 Å². The van der Waals surface area contributed by atoms with Gasteiger partial charge in [0.2, 0.25) is 0 Å². The van der Waals surface area contributed by atoms with Crippen molar-refractivity contribution in [1.29, 1.82) is 0 Å². The highest BCUT2D eigenvalue weighted by Gasteiger charge is 2.10. The van der Waals surface area contributed by atoms with Crippen molar-refractivity contribution < 1.29 is 4.74 Å². The molecule has 3 aromatic rings. The van der Waals surface area contributed by atoms with Gasteiger partial charge in [0.1, 0.15) is 5.75 Å². The van der Waals surface area contributed by atoms with E-state index >= 15 is 0 Å². The molecule has 0 fully saturated rings. The third-order valence-electron chi connectivity index (χ3n) is 6.98. The highest BCUT2D eigenvalue weighted by molar-refractivity contribution is 5.64. The van der Waals surface area contributed by atoms with Crippen LogP contribution < -0.4 is 4.74 Å². The lowest BCUT2D eigenvalue weighted by Gasteiger charge is -2.13. The van der Waals surface area contributed by atoms with Gasteiger partial charge in [0, 0.05) is 17.8 Å². The van der Waals surface area contributed by atoms with Crippen LogP contribution in [0.15, 0.2) is 66.9 Å². The van der Waals surface area contributed by atoms with E-state index in [4.69, 9.17) is 9.72 Å². The van der Waals surface area contributed by atoms with Gasteiger partial charge in [-0.05, 0) is 59.7 Å². The summed E-state index contributed by atoms with van der Waals surface area (Å²) in [7, 11) is 0. The number of nitrogens with zero attached hydrogens (tertiary/aromatic N) is 1. The maximum atomic E-state index is 5.92. The predicted octanol–water partition coefficient (Wildman–Crippen LogP) is 9.76. The van der Waals surface area contributed by atoms with Gasteiger partial charge >= 0.3 is 0 Å². The van der Waals surface area contributed by atoms with Gasteiger partial charge in [-0.3, -0.25) is 4.98 Å². The molecule has 0 amide bonds. The molecule has 0 aliphatic heterocycles. The van der Waals surface area contributed by atoms with Crippen molar-refractivity contribution in [1.82, 2.24) is 4.98 Å². The van der Waals surface area contributed by atoms with E-state index in [2.05, 4.69) is 87.6 Å². The number of aromatic nitrogens is 1. The molecule has 188 valence electrons. The summed E-state index contributed by atoms with van der Waals surface area (Å²) in [6.07, 6.45) is 16.1. The first-order valence-electron chi connectivity index (χ1n) is 14.0. The van der Waals surface area contributed by atoms with Crippen LogP contribution in [-0.2, 0) is 6.42 Å².